The van der Waals surface area contributed by atoms with Gasteiger partial charge in [-0.15, -0.1) is 0 Å². The molecule has 1 aliphatic heterocycles. The summed E-state index contributed by atoms with van der Waals surface area (Å²) in [5, 5.41) is 3.28. The van der Waals surface area contributed by atoms with Gasteiger partial charge >= 0.3 is 0 Å². The zero-order valence-corrected chi connectivity index (χ0v) is 9.38. The zero-order chi connectivity index (χ0) is 10.4. The van der Waals surface area contributed by atoms with Crippen LogP contribution in [-0.4, -0.2) is 37.0 Å². The van der Waals surface area contributed by atoms with Crippen molar-refractivity contribution in [2.24, 2.45) is 0 Å². The number of likely N-dealkylation sites (N-methyl/N-ethyl adjacent to an activating group) is 1. The maximum atomic E-state index is 11.7. The van der Waals surface area contributed by atoms with Gasteiger partial charge in [0.15, 0.2) is 0 Å². The van der Waals surface area contributed by atoms with Crippen molar-refractivity contribution in [2.45, 2.75) is 45.1 Å². The van der Waals surface area contributed by atoms with E-state index in [1.807, 2.05) is 11.9 Å². The fourth-order valence-corrected chi connectivity index (χ4v) is 1.88. The van der Waals surface area contributed by atoms with Crippen LogP contribution in [0.2, 0.25) is 0 Å². The Morgan fingerprint density at radius 1 is 1.50 bits per heavy atom. The second-order valence-corrected chi connectivity index (χ2v) is 4.11. The summed E-state index contributed by atoms with van der Waals surface area (Å²) in [7, 11) is 1.94. The van der Waals surface area contributed by atoms with Crippen LogP contribution in [-0.2, 0) is 4.79 Å². The van der Waals surface area contributed by atoms with E-state index in [0.717, 1.165) is 32.4 Å². The number of rotatable bonds is 5. The summed E-state index contributed by atoms with van der Waals surface area (Å²) in [6, 6.07) is 0.434. The molecule has 1 fully saturated rings. The smallest absolute Gasteiger partial charge is 0.222 e. The number of hydrogen-bond donors (Lipinski definition) is 1. The largest absolute Gasteiger partial charge is 0.341 e. The van der Waals surface area contributed by atoms with Gasteiger partial charge in [-0.05, 0) is 19.4 Å². The normalized spacial score (nSPS) is 21.1. The Hall–Kier alpha value is -0.570. The summed E-state index contributed by atoms with van der Waals surface area (Å²) in [6.07, 6.45) is 5.22. The fourth-order valence-electron chi connectivity index (χ4n) is 1.88. The molecule has 0 saturated carbocycles. The number of nitrogens with one attached hydrogen (secondary N) is 1. The Labute approximate surface area is 86.9 Å². The molecule has 0 radical (unpaired) electrons. The molecule has 1 amide bonds. The van der Waals surface area contributed by atoms with Crippen molar-refractivity contribution in [3.8, 4) is 0 Å². The van der Waals surface area contributed by atoms with E-state index >= 15 is 0 Å². The Morgan fingerprint density at radius 3 is 2.86 bits per heavy atom. The van der Waals surface area contributed by atoms with Crippen LogP contribution in [0, 0.1) is 0 Å². The van der Waals surface area contributed by atoms with Gasteiger partial charge in [0.25, 0.3) is 0 Å². The molecule has 1 N–H and O–H groups in total. The van der Waals surface area contributed by atoms with Gasteiger partial charge in [0.1, 0.15) is 0 Å². The first-order chi connectivity index (χ1) is 6.75. The maximum absolute atomic E-state index is 11.7. The lowest BCUT2D eigenvalue weighted by molar-refractivity contribution is -0.131. The van der Waals surface area contributed by atoms with Gasteiger partial charge in [-0.2, -0.15) is 0 Å². The van der Waals surface area contributed by atoms with E-state index in [4.69, 9.17) is 0 Å². The van der Waals surface area contributed by atoms with E-state index in [-0.39, 0.29) is 0 Å². The molecule has 1 rings (SSSR count). The highest BCUT2D eigenvalue weighted by atomic mass is 16.2. The van der Waals surface area contributed by atoms with Crippen molar-refractivity contribution in [1.29, 1.82) is 0 Å². The average molecular weight is 198 g/mol. The molecule has 0 spiro atoms. The van der Waals surface area contributed by atoms with Crippen LogP contribution in [0.5, 0.6) is 0 Å². The molecule has 1 heterocycles. The predicted molar refractivity (Wildman–Crippen MR) is 58.2 cm³/mol. The van der Waals surface area contributed by atoms with E-state index in [9.17, 15) is 4.79 Å². The van der Waals surface area contributed by atoms with Crippen LogP contribution >= 0.6 is 0 Å². The minimum atomic E-state index is 0.312. The molecule has 82 valence electrons. The third kappa shape index (κ3) is 3.29. The van der Waals surface area contributed by atoms with Crippen molar-refractivity contribution in [3.05, 3.63) is 0 Å². The molecule has 3 nitrogen and oxygen atoms in total. The number of carbonyl (C=O) groups excluding carboxylic acids is 1. The van der Waals surface area contributed by atoms with E-state index in [2.05, 4.69) is 12.2 Å². The van der Waals surface area contributed by atoms with Crippen LogP contribution in [0.25, 0.3) is 0 Å². The predicted octanol–water partition coefficient (Wildman–Crippen LogP) is 1.39. The number of amides is 1. The number of unbranched alkanes of at least 4 members (excludes halogenated alkanes) is 2. The van der Waals surface area contributed by atoms with Gasteiger partial charge in [0, 0.05) is 26.1 Å². The fraction of sp³-hybridized carbons (Fsp3) is 0.909. The van der Waals surface area contributed by atoms with E-state index in [1.54, 1.807) is 0 Å². The van der Waals surface area contributed by atoms with Gasteiger partial charge in [0.2, 0.25) is 5.91 Å². The monoisotopic (exact) mass is 198 g/mol. The SMILES string of the molecule is CCCCCC(=O)N(C)C1CCNC1. The third-order valence-electron chi connectivity index (χ3n) is 2.97. The number of nitrogens with zero attached hydrogens (tertiary/aromatic N) is 1. The highest BCUT2D eigenvalue weighted by Crippen LogP contribution is 2.09. The third-order valence-corrected chi connectivity index (χ3v) is 2.97. The van der Waals surface area contributed by atoms with Gasteiger partial charge < -0.3 is 10.2 Å². The van der Waals surface area contributed by atoms with Crippen LogP contribution in [0.15, 0.2) is 0 Å². The van der Waals surface area contributed by atoms with Gasteiger partial charge in [-0.3, -0.25) is 4.79 Å². The molecule has 0 aliphatic carbocycles. The molecular weight excluding hydrogens is 176 g/mol. The number of carbonyl (C=O) groups is 1. The molecule has 0 aromatic heterocycles. The van der Waals surface area contributed by atoms with Crippen LogP contribution < -0.4 is 5.32 Å². The van der Waals surface area contributed by atoms with E-state index in [0.29, 0.717) is 11.9 Å². The van der Waals surface area contributed by atoms with Crippen molar-refractivity contribution >= 4 is 5.91 Å². The van der Waals surface area contributed by atoms with Gasteiger partial charge in [-0.1, -0.05) is 19.8 Å². The molecule has 1 atom stereocenters. The van der Waals surface area contributed by atoms with Crippen LogP contribution in [0.1, 0.15) is 39.0 Å². The average Bonchev–Trinajstić information content (AvgIpc) is 2.69. The number of hydrogen-bond acceptors (Lipinski definition) is 2. The first-order valence-corrected chi connectivity index (χ1v) is 5.72. The lowest BCUT2D eigenvalue weighted by Gasteiger charge is -2.23. The minimum Gasteiger partial charge on any atom is -0.341 e. The second-order valence-electron chi connectivity index (χ2n) is 4.11. The topological polar surface area (TPSA) is 32.3 Å². The molecule has 1 saturated heterocycles. The maximum Gasteiger partial charge on any atom is 0.222 e. The molecule has 1 aliphatic rings. The molecule has 0 bridgehead atoms. The first kappa shape index (κ1) is 11.5. The van der Waals surface area contributed by atoms with E-state index in [1.165, 1.54) is 12.8 Å². The molecule has 14 heavy (non-hydrogen) atoms. The molecule has 0 aromatic carbocycles. The Balaban J connectivity index is 2.21. The highest BCUT2D eigenvalue weighted by Gasteiger charge is 2.22. The summed E-state index contributed by atoms with van der Waals surface area (Å²) in [5.74, 6) is 0.312. The van der Waals surface area contributed by atoms with Crippen molar-refractivity contribution in [2.75, 3.05) is 20.1 Å². The molecule has 3 heteroatoms. The van der Waals surface area contributed by atoms with Crippen molar-refractivity contribution in [3.63, 3.8) is 0 Å². The quantitative estimate of drug-likeness (QED) is 0.677. The summed E-state index contributed by atoms with van der Waals surface area (Å²) in [6.45, 7) is 4.18. The Morgan fingerprint density at radius 2 is 2.29 bits per heavy atom. The zero-order valence-electron chi connectivity index (χ0n) is 9.38. The first-order valence-electron chi connectivity index (χ1n) is 5.72. The Bertz CT molecular complexity index is 176. The summed E-state index contributed by atoms with van der Waals surface area (Å²) >= 11 is 0. The molecule has 1 unspecified atom stereocenters. The lowest BCUT2D eigenvalue weighted by Crippen LogP contribution is -2.38. The van der Waals surface area contributed by atoms with E-state index < -0.39 is 0 Å². The minimum absolute atomic E-state index is 0.312. The summed E-state index contributed by atoms with van der Waals surface area (Å²) < 4.78 is 0. The van der Waals surface area contributed by atoms with Crippen molar-refractivity contribution in [1.82, 2.24) is 10.2 Å². The molecule has 0 aromatic rings. The Kier molecular flexibility index (Phi) is 4.94. The summed E-state index contributed by atoms with van der Waals surface area (Å²) in [4.78, 5) is 13.6. The molecular formula is C11H22N2O. The van der Waals surface area contributed by atoms with Crippen molar-refractivity contribution < 1.29 is 4.79 Å². The van der Waals surface area contributed by atoms with Crippen LogP contribution in [0.3, 0.4) is 0 Å². The van der Waals surface area contributed by atoms with Gasteiger partial charge in [0.05, 0.1) is 0 Å². The van der Waals surface area contributed by atoms with Gasteiger partial charge in [-0.25, -0.2) is 0 Å². The standard InChI is InChI=1S/C11H22N2O/c1-3-4-5-6-11(14)13(2)10-7-8-12-9-10/h10,12H,3-9H2,1-2H3. The highest BCUT2D eigenvalue weighted by molar-refractivity contribution is 5.76. The van der Waals surface area contributed by atoms with Crippen LogP contribution in [0.4, 0.5) is 0 Å². The lowest BCUT2D eigenvalue weighted by atomic mass is 10.1. The summed E-state index contributed by atoms with van der Waals surface area (Å²) in [5.41, 5.74) is 0. The second kappa shape index (κ2) is 6.02.